The number of fused-ring (bicyclic) bond motifs is 1. The van der Waals surface area contributed by atoms with Crippen LogP contribution in [0.25, 0.3) is 22.2 Å². The van der Waals surface area contributed by atoms with Gasteiger partial charge >= 0.3 is 0 Å². The highest BCUT2D eigenvalue weighted by Crippen LogP contribution is 2.28. The Hall–Kier alpha value is -2.33. The van der Waals surface area contributed by atoms with Crippen LogP contribution in [0.15, 0.2) is 47.4 Å². The molecule has 0 bridgehead atoms. The van der Waals surface area contributed by atoms with Gasteiger partial charge in [-0.25, -0.2) is 14.5 Å². The van der Waals surface area contributed by atoms with Crippen LogP contribution in [0.5, 0.6) is 0 Å². The van der Waals surface area contributed by atoms with Crippen molar-refractivity contribution in [2.45, 2.75) is 6.54 Å². The second-order valence-electron chi connectivity index (χ2n) is 5.12. The normalized spacial score (nSPS) is 11.3. The Labute approximate surface area is 148 Å². The lowest BCUT2D eigenvalue weighted by Gasteiger charge is -2.09. The molecule has 0 aliphatic rings. The predicted molar refractivity (Wildman–Crippen MR) is 95.0 cm³/mol. The van der Waals surface area contributed by atoms with E-state index in [0.29, 0.717) is 27.7 Å². The maximum absolute atomic E-state index is 14.5. The number of hydrogen-bond donors (Lipinski definition) is 3. The third kappa shape index (κ3) is 4.40. The number of benzene rings is 1. The molecule has 0 saturated carbocycles. The summed E-state index contributed by atoms with van der Waals surface area (Å²) >= 11 is 0. The maximum Gasteiger partial charge on any atom is 0.274 e. The summed E-state index contributed by atoms with van der Waals surface area (Å²) in [5.74, 6) is -0.526. The van der Waals surface area contributed by atoms with E-state index in [9.17, 15) is 17.6 Å². The van der Waals surface area contributed by atoms with Crippen LogP contribution in [-0.4, -0.2) is 18.4 Å². The van der Waals surface area contributed by atoms with Gasteiger partial charge in [0.25, 0.3) is 10.2 Å². The quantitative estimate of drug-likeness (QED) is 0.630. The van der Waals surface area contributed by atoms with Crippen molar-refractivity contribution in [1.29, 1.82) is 0 Å². The van der Waals surface area contributed by atoms with Crippen molar-refractivity contribution in [3.05, 3.63) is 64.3 Å². The maximum atomic E-state index is 14.5. The molecule has 2 aromatic heterocycles. The second-order valence-corrected chi connectivity index (χ2v) is 6.50. The molecule has 0 radical (unpaired) electrons. The molecule has 0 unspecified atom stereocenters. The molecule has 0 fully saturated rings. The van der Waals surface area contributed by atoms with Gasteiger partial charge in [-0.2, -0.15) is 13.1 Å². The molecule has 3 rings (SSSR count). The number of H-pyrrole nitrogens is 1. The Morgan fingerprint density at radius 2 is 1.92 bits per heavy atom. The molecule has 4 N–H and O–H groups in total. The number of nitrogens with one attached hydrogen (secondary N) is 2. The lowest BCUT2D eigenvalue weighted by molar-refractivity contribution is 0.582. The van der Waals surface area contributed by atoms with Gasteiger partial charge < -0.3 is 4.98 Å². The Bertz CT molecular complexity index is 1090. The third-order valence-corrected chi connectivity index (χ3v) is 3.98. The van der Waals surface area contributed by atoms with E-state index in [0.717, 1.165) is 0 Å². The molecule has 0 amide bonds. The fourth-order valence-electron chi connectivity index (χ4n) is 2.36. The van der Waals surface area contributed by atoms with Crippen molar-refractivity contribution >= 4 is 33.6 Å². The van der Waals surface area contributed by atoms with E-state index in [1.165, 1.54) is 24.4 Å². The highest BCUT2D eigenvalue weighted by molar-refractivity contribution is 7.87. The lowest BCUT2D eigenvalue weighted by Crippen LogP contribution is -2.30. The Morgan fingerprint density at radius 1 is 1.16 bits per heavy atom. The number of pyridine rings is 2. The number of hydrogen-bond acceptors (Lipinski definition) is 4. The van der Waals surface area contributed by atoms with Crippen LogP contribution in [0.2, 0.25) is 0 Å². The summed E-state index contributed by atoms with van der Waals surface area (Å²) in [6.07, 6.45) is 1.48. The summed E-state index contributed by atoms with van der Waals surface area (Å²) in [6, 6.07) is 8.92. The summed E-state index contributed by atoms with van der Waals surface area (Å²) in [5, 5.41) is 5.45. The van der Waals surface area contributed by atoms with Crippen molar-refractivity contribution in [1.82, 2.24) is 14.7 Å². The molecule has 1 aromatic carbocycles. The van der Waals surface area contributed by atoms with Gasteiger partial charge in [-0.05, 0) is 29.3 Å². The molecule has 0 saturated heterocycles. The molecule has 10 heteroatoms. The van der Waals surface area contributed by atoms with Gasteiger partial charge in [0.15, 0.2) is 0 Å². The molecule has 7 nitrogen and oxygen atoms in total. The third-order valence-electron chi connectivity index (χ3n) is 3.43. The molecular formula is C15H14ClFN4O3S. The zero-order valence-corrected chi connectivity index (χ0v) is 14.3. The number of nitrogens with zero attached hydrogens (tertiary/aromatic N) is 1. The van der Waals surface area contributed by atoms with Crippen LogP contribution in [-0.2, 0) is 16.8 Å². The lowest BCUT2D eigenvalue weighted by atomic mass is 10.0. The van der Waals surface area contributed by atoms with E-state index < -0.39 is 16.0 Å². The Balaban J connectivity index is 0.00000225. The Kier molecular flexibility index (Phi) is 5.53. The van der Waals surface area contributed by atoms with E-state index >= 15 is 0 Å². The zero-order chi connectivity index (χ0) is 17.3. The van der Waals surface area contributed by atoms with Crippen molar-refractivity contribution < 1.29 is 12.8 Å². The summed E-state index contributed by atoms with van der Waals surface area (Å²) in [6.45, 7) is -0.111. The van der Waals surface area contributed by atoms with E-state index in [4.69, 9.17) is 5.14 Å². The SMILES string of the molecule is Cl.NS(=O)(=O)NCc1ccc(-c2ccnc3[nH]c(=O)ccc23)c(F)c1. The average Bonchev–Trinajstić information content (AvgIpc) is 2.51. The molecule has 0 spiro atoms. The minimum absolute atomic E-state index is 0. The molecule has 132 valence electrons. The van der Waals surface area contributed by atoms with E-state index in [1.807, 2.05) is 0 Å². The minimum atomic E-state index is -3.84. The number of nitrogens with two attached hydrogens (primary N) is 1. The van der Waals surface area contributed by atoms with Gasteiger partial charge in [0.2, 0.25) is 5.56 Å². The Morgan fingerprint density at radius 3 is 2.60 bits per heavy atom. The van der Waals surface area contributed by atoms with Gasteiger partial charge in [0.1, 0.15) is 11.5 Å². The second kappa shape index (κ2) is 7.28. The van der Waals surface area contributed by atoms with Crippen LogP contribution in [0, 0.1) is 5.82 Å². The zero-order valence-electron chi connectivity index (χ0n) is 12.7. The van der Waals surface area contributed by atoms with Gasteiger partial charge in [-0.3, -0.25) is 4.79 Å². The average molecular weight is 385 g/mol. The van der Waals surface area contributed by atoms with E-state index in [-0.39, 0.29) is 24.5 Å². The van der Waals surface area contributed by atoms with Gasteiger partial charge in [0.05, 0.1) is 0 Å². The number of halogens is 2. The van der Waals surface area contributed by atoms with Crippen LogP contribution in [0.4, 0.5) is 4.39 Å². The van der Waals surface area contributed by atoms with Crippen molar-refractivity contribution in [2.75, 3.05) is 0 Å². The summed E-state index contributed by atoms with van der Waals surface area (Å²) < 4.78 is 38.3. The smallest absolute Gasteiger partial charge is 0.274 e. The fourth-order valence-corrected chi connectivity index (χ4v) is 2.73. The first kappa shape index (κ1) is 19.0. The fraction of sp³-hybridized carbons (Fsp3) is 0.0667. The standard InChI is InChI=1S/C15H13FN4O3S.ClH/c16-13-7-9(8-19-24(17,22)23)1-2-11(13)10-5-6-18-15-12(10)3-4-14(21)20-15;/h1-7,19H,8H2,(H2,17,22,23)(H,18,20,21);1H. The first-order valence-corrected chi connectivity index (χ1v) is 8.42. The van der Waals surface area contributed by atoms with Gasteiger partial charge in [-0.15, -0.1) is 12.4 Å². The highest BCUT2D eigenvalue weighted by atomic mass is 35.5. The molecule has 3 aromatic rings. The van der Waals surface area contributed by atoms with Crippen molar-refractivity contribution in [3.8, 4) is 11.1 Å². The predicted octanol–water partition coefficient (Wildman–Crippen LogP) is 1.44. The monoisotopic (exact) mass is 384 g/mol. The number of aromatic nitrogens is 2. The number of rotatable bonds is 4. The summed E-state index contributed by atoms with van der Waals surface area (Å²) in [5.41, 5.74) is 1.38. The molecular weight excluding hydrogens is 371 g/mol. The van der Waals surface area contributed by atoms with Gasteiger partial charge in [0, 0.05) is 29.8 Å². The minimum Gasteiger partial charge on any atom is -0.307 e. The van der Waals surface area contributed by atoms with Crippen LogP contribution in [0.1, 0.15) is 5.56 Å². The van der Waals surface area contributed by atoms with Gasteiger partial charge in [-0.1, -0.05) is 12.1 Å². The molecule has 0 aliphatic heterocycles. The van der Waals surface area contributed by atoms with Crippen LogP contribution in [0.3, 0.4) is 0 Å². The molecule has 0 atom stereocenters. The van der Waals surface area contributed by atoms with Crippen LogP contribution >= 0.6 is 12.4 Å². The van der Waals surface area contributed by atoms with Crippen molar-refractivity contribution in [3.63, 3.8) is 0 Å². The van der Waals surface area contributed by atoms with E-state index in [1.54, 1.807) is 18.2 Å². The largest absolute Gasteiger partial charge is 0.307 e. The van der Waals surface area contributed by atoms with E-state index in [2.05, 4.69) is 14.7 Å². The number of aromatic amines is 1. The summed E-state index contributed by atoms with van der Waals surface area (Å²) in [7, 11) is -3.84. The molecule has 25 heavy (non-hydrogen) atoms. The topological polar surface area (TPSA) is 118 Å². The van der Waals surface area contributed by atoms with Crippen LogP contribution < -0.4 is 15.4 Å². The first-order valence-electron chi connectivity index (χ1n) is 6.88. The molecule has 0 aliphatic carbocycles. The van der Waals surface area contributed by atoms with Crippen molar-refractivity contribution in [2.24, 2.45) is 5.14 Å². The summed E-state index contributed by atoms with van der Waals surface area (Å²) in [4.78, 5) is 18.0. The first-order chi connectivity index (χ1) is 11.3. The highest BCUT2D eigenvalue weighted by Gasteiger charge is 2.11. The molecule has 2 heterocycles.